The van der Waals surface area contributed by atoms with Crippen LogP contribution >= 0.6 is 0 Å². The summed E-state index contributed by atoms with van der Waals surface area (Å²) in [6.45, 7) is 3.42. The highest BCUT2D eigenvalue weighted by Gasteiger charge is 2.33. The van der Waals surface area contributed by atoms with Crippen molar-refractivity contribution in [3.8, 4) is 11.5 Å². The molecule has 1 aliphatic carbocycles. The van der Waals surface area contributed by atoms with Gasteiger partial charge in [-0.15, -0.1) is 0 Å². The van der Waals surface area contributed by atoms with E-state index in [-0.39, 0.29) is 11.9 Å². The standard InChI is InChI=1S/C18H24N2O3/c21-17(12-19-11-13-6-7-13)20-8-2-4-15(20)14-3-1-5-16-18(14)23-10-9-22-16/h1,3,5,13,15,19H,2,4,6-12H2. The van der Waals surface area contributed by atoms with Crippen LogP contribution in [0.1, 0.15) is 37.3 Å². The second kappa shape index (κ2) is 6.40. The molecule has 0 spiro atoms. The van der Waals surface area contributed by atoms with Gasteiger partial charge >= 0.3 is 0 Å². The Morgan fingerprint density at radius 3 is 2.96 bits per heavy atom. The number of ether oxygens (including phenoxy) is 2. The summed E-state index contributed by atoms with van der Waals surface area (Å²) in [7, 11) is 0. The van der Waals surface area contributed by atoms with Crippen molar-refractivity contribution in [2.24, 2.45) is 5.92 Å². The van der Waals surface area contributed by atoms with Gasteiger partial charge in [0.05, 0.1) is 12.6 Å². The van der Waals surface area contributed by atoms with E-state index in [1.807, 2.05) is 17.0 Å². The number of hydrogen-bond acceptors (Lipinski definition) is 4. The molecule has 2 fully saturated rings. The summed E-state index contributed by atoms with van der Waals surface area (Å²) in [5, 5.41) is 3.31. The molecule has 1 aromatic rings. The lowest BCUT2D eigenvalue weighted by atomic mass is 10.0. The molecule has 124 valence electrons. The fourth-order valence-corrected chi connectivity index (χ4v) is 3.55. The first kappa shape index (κ1) is 14.8. The lowest BCUT2D eigenvalue weighted by molar-refractivity contribution is -0.131. The van der Waals surface area contributed by atoms with Gasteiger partial charge in [-0.05, 0) is 44.2 Å². The molecule has 3 aliphatic rings. The lowest BCUT2D eigenvalue weighted by Gasteiger charge is -2.29. The van der Waals surface area contributed by atoms with Gasteiger partial charge in [0.2, 0.25) is 5.91 Å². The average molecular weight is 316 g/mol. The Morgan fingerprint density at radius 2 is 2.09 bits per heavy atom. The molecule has 1 aromatic carbocycles. The molecule has 5 nitrogen and oxygen atoms in total. The smallest absolute Gasteiger partial charge is 0.237 e. The van der Waals surface area contributed by atoms with Crippen molar-refractivity contribution in [3.05, 3.63) is 23.8 Å². The molecule has 0 radical (unpaired) electrons. The van der Waals surface area contributed by atoms with Gasteiger partial charge in [0.15, 0.2) is 11.5 Å². The van der Waals surface area contributed by atoms with Crippen LogP contribution in [-0.2, 0) is 4.79 Å². The van der Waals surface area contributed by atoms with Gasteiger partial charge in [-0.3, -0.25) is 4.79 Å². The number of carbonyl (C=O) groups excluding carboxylic acids is 1. The second-order valence-corrected chi connectivity index (χ2v) is 6.69. The number of amides is 1. The Labute approximate surface area is 136 Å². The van der Waals surface area contributed by atoms with E-state index >= 15 is 0 Å². The van der Waals surface area contributed by atoms with E-state index in [9.17, 15) is 4.79 Å². The number of hydrogen-bond donors (Lipinski definition) is 1. The summed E-state index contributed by atoms with van der Waals surface area (Å²) in [4.78, 5) is 14.6. The van der Waals surface area contributed by atoms with E-state index in [1.54, 1.807) is 0 Å². The molecule has 2 heterocycles. The van der Waals surface area contributed by atoms with Crippen LogP contribution in [0.2, 0.25) is 0 Å². The summed E-state index contributed by atoms with van der Waals surface area (Å²) < 4.78 is 11.5. The highest BCUT2D eigenvalue weighted by atomic mass is 16.6. The molecular weight excluding hydrogens is 292 g/mol. The van der Waals surface area contributed by atoms with E-state index in [0.717, 1.165) is 48.9 Å². The van der Waals surface area contributed by atoms with Crippen LogP contribution in [0.15, 0.2) is 18.2 Å². The first-order valence-electron chi connectivity index (χ1n) is 8.71. The third kappa shape index (κ3) is 3.15. The normalized spacial score (nSPS) is 23.1. The minimum absolute atomic E-state index is 0.113. The van der Waals surface area contributed by atoms with Crippen LogP contribution in [-0.4, -0.2) is 43.7 Å². The first-order valence-corrected chi connectivity index (χ1v) is 8.71. The van der Waals surface area contributed by atoms with Crippen molar-refractivity contribution in [2.75, 3.05) is 32.8 Å². The van der Waals surface area contributed by atoms with Crippen molar-refractivity contribution < 1.29 is 14.3 Å². The van der Waals surface area contributed by atoms with Crippen molar-refractivity contribution in [1.29, 1.82) is 0 Å². The summed E-state index contributed by atoms with van der Waals surface area (Å²) >= 11 is 0. The average Bonchev–Trinajstić information content (AvgIpc) is 3.28. The van der Waals surface area contributed by atoms with Gasteiger partial charge in [0.25, 0.3) is 0 Å². The van der Waals surface area contributed by atoms with Crippen LogP contribution in [0.3, 0.4) is 0 Å². The predicted octanol–water partition coefficient (Wildman–Crippen LogP) is 2.12. The zero-order chi connectivity index (χ0) is 15.6. The predicted molar refractivity (Wildman–Crippen MR) is 86.7 cm³/mol. The largest absolute Gasteiger partial charge is 0.486 e. The van der Waals surface area contributed by atoms with Crippen LogP contribution < -0.4 is 14.8 Å². The van der Waals surface area contributed by atoms with Gasteiger partial charge in [0.1, 0.15) is 13.2 Å². The quantitative estimate of drug-likeness (QED) is 0.904. The van der Waals surface area contributed by atoms with E-state index < -0.39 is 0 Å². The Bertz CT molecular complexity index is 586. The second-order valence-electron chi connectivity index (χ2n) is 6.69. The lowest BCUT2D eigenvalue weighted by Crippen LogP contribution is -2.38. The third-order valence-electron chi connectivity index (χ3n) is 4.93. The molecule has 4 rings (SSSR count). The number of nitrogens with one attached hydrogen (secondary N) is 1. The molecule has 1 atom stereocenters. The van der Waals surface area contributed by atoms with Crippen LogP contribution in [0.5, 0.6) is 11.5 Å². The topological polar surface area (TPSA) is 50.8 Å². The molecule has 23 heavy (non-hydrogen) atoms. The first-order chi connectivity index (χ1) is 11.3. The zero-order valence-electron chi connectivity index (χ0n) is 13.4. The molecule has 5 heteroatoms. The highest BCUT2D eigenvalue weighted by Crippen LogP contribution is 2.42. The molecule has 1 unspecified atom stereocenters. The minimum atomic E-state index is 0.113. The van der Waals surface area contributed by atoms with E-state index in [1.165, 1.54) is 12.8 Å². The monoisotopic (exact) mass is 316 g/mol. The fraction of sp³-hybridized carbons (Fsp3) is 0.611. The Kier molecular flexibility index (Phi) is 4.12. The number of rotatable bonds is 5. The van der Waals surface area contributed by atoms with Crippen LogP contribution in [0, 0.1) is 5.92 Å². The summed E-state index contributed by atoms with van der Waals surface area (Å²) in [6, 6.07) is 6.12. The molecule has 0 bridgehead atoms. The van der Waals surface area contributed by atoms with Gasteiger partial charge in [0, 0.05) is 12.1 Å². The van der Waals surface area contributed by atoms with Gasteiger partial charge < -0.3 is 19.7 Å². The number of benzene rings is 1. The molecule has 1 saturated carbocycles. The van der Waals surface area contributed by atoms with Crippen LogP contribution in [0.4, 0.5) is 0 Å². The fourth-order valence-electron chi connectivity index (χ4n) is 3.55. The van der Waals surface area contributed by atoms with E-state index in [2.05, 4.69) is 11.4 Å². The molecule has 0 aromatic heterocycles. The maximum atomic E-state index is 12.6. The Hall–Kier alpha value is -1.75. The maximum Gasteiger partial charge on any atom is 0.237 e. The molecular formula is C18H24N2O3. The molecule has 1 saturated heterocycles. The zero-order valence-corrected chi connectivity index (χ0v) is 13.4. The Morgan fingerprint density at radius 1 is 1.22 bits per heavy atom. The summed E-state index contributed by atoms with van der Waals surface area (Å²) in [5.74, 6) is 2.63. The number of nitrogens with zero attached hydrogens (tertiary/aromatic N) is 1. The number of likely N-dealkylation sites (tertiary alicyclic amines) is 1. The van der Waals surface area contributed by atoms with E-state index in [4.69, 9.17) is 9.47 Å². The number of para-hydroxylation sites is 1. The van der Waals surface area contributed by atoms with Crippen molar-refractivity contribution in [3.63, 3.8) is 0 Å². The van der Waals surface area contributed by atoms with Crippen molar-refractivity contribution in [2.45, 2.75) is 31.7 Å². The Balaban J connectivity index is 1.47. The maximum absolute atomic E-state index is 12.6. The van der Waals surface area contributed by atoms with Gasteiger partial charge in [-0.2, -0.15) is 0 Å². The third-order valence-corrected chi connectivity index (χ3v) is 4.93. The molecule has 2 aliphatic heterocycles. The minimum Gasteiger partial charge on any atom is -0.486 e. The molecule has 1 amide bonds. The van der Waals surface area contributed by atoms with Crippen molar-refractivity contribution in [1.82, 2.24) is 10.2 Å². The van der Waals surface area contributed by atoms with Crippen molar-refractivity contribution >= 4 is 5.91 Å². The highest BCUT2D eigenvalue weighted by molar-refractivity contribution is 5.79. The number of carbonyl (C=O) groups is 1. The van der Waals surface area contributed by atoms with E-state index in [0.29, 0.717) is 19.8 Å². The molecule has 1 N–H and O–H groups in total. The summed E-state index contributed by atoms with van der Waals surface area (Å²) in [6.07, 6.45) is 4.65. The SMILES string of the molecule is O=C(CNCC1CC1)N1CCCC1c1cccc2c1OCCO2. The van der Waals surface area contributed by atoms with Gasteiger partial charge in [-0.25, -0.2) is 0 Å². The summed E-state index contributed by atoms with van der Waals surface area (Å²) in [5.41, 5.74) is 1.09. The van der Waals surface area contributed by atoms with Gasteiger partial charge in [-0.1, -0.05) is 12.1 Å². The van der Waals surface area contributed by atoms with Crippen LogP contribution in [0.25, 0.3) is 0 Å². The number of fused-ring (bicyclic) bond motifs is 1.